The fraction of sp³-hybridized carbons (Fsp3) is 0.222. The number of halogens is 5. The number of rotatable bonds is 1. The summed E-state index contributed by atoms with van der Waals surface area (Å²) in [6.07, 6.45) is 0. The smallest absolute Gasteiger partial charge is 0.259 e. The van der Waals surface area contributed by atoms with Crippen LogP contribution in [-0.4, -0.2) is 24.9 Å². The fourth-order valence-electron chi connectivity index (χ4n) is 1.02. The minimum atomic E-state index is -2.29. The van der Waals surface area contributed by atoms with Crippen LogP contribution < -0.4 is 0 Å². The van der Waals surface area contributed by atoms with Gasteiger partial charge in [-0.3, -0.25) is 4.79 Å². The molecule has 0 aliphatic heterocycles. The minimum absolute atomic E-state index is 0.707. The van der Waals surface area contributed by atoms with Gasteiger partial charge in [0.05, 0.1) is 0 Å². The Labute approximate surface area is 87.3 Å². The van der Waals surface area contributed by atoms with Crippen LogP contribution in [0.25, 0.3) is 0 Å². The van der Waals surface area contributed by atoms with Gasteiger partial charge < -0.3 is 4.90 Å². The van der Waals surface area contributed by atoms with Crippen molar-refractivity contribution in [3.05, 3.63) is 34.6 Å². The van der Waals surface area contributed by atoms with Crippen LogP contribution in [-0.2, 0) is 0 Å². The maximum absolute atomic E-state index is 13.0. The Hall–Kier alpha value is -1.66. The van der Waals surface area contributed by atoms with E-state index >= 15 is 0 Å². The number of hydrogen-bond donors (Lipinski definition) is 0. The summed E-state index contributed by atoms with van der Waals surface area (Å²) in [5, 5.41) is 0. The zero-order valence-electron chi connectivity index (χ0n) is 8.25. The van der Waals surface area contributed by atoms with E-state index < -0.39 is 40.6 Å². The van der Waals surface area contributed by atoms with Crippen LogP contribution in [0.4, 0.5) is 22.0 Å². The number of carbonyl (C=O) groups excluding carboxylic acids is 1. The number of carbonyl (C=O) groups is 1. The summed E-state index contributed by atoms with van der Waals surface area (Å²) in [6, 6.07) is 0. The second-order valence-corrected chi connectivity index (χ2v) is 3.14. The molecule has 1 rings (SSSR count). The van der Waals surface area contributed by atoms with Gasteiger partial charge in [-0.05, 0) is 0 Å². The van der Waals surface area contributed by atoms with Crippen LogP contribution in [0, 0.1) is 29.1 Å². The van der Waals surface area contributed by atoms with E-state index in [9.17, 15) is 26.7 Å². The van der Waals surface area contributed by atoms with Crippen LogP contribution >= 0.6 is 0 Å². The molecule has 0 saturated heterocycles. The third-order valence-electron chi connectivity index (χ3n) is 1.83. The molecule has 88 valence electrons. The first-order valence-corrected chi connectivity index (χ1v) is 4.02. The molecule has 2 nitrogen and oxygen atoms in total. The van der Waals surface area contributed by atoms with Gasteiger partial charge >= 0.3 is 0 Å². The molecule has 0 aliphatic carbocycles. The summed E-state index contributed by atoms with van der Waals surface area (Å²) in [4.78, 5) is 11.9. The topological polar surface area (TPSA) is 20.3 Å². The van der Waals surface area contributed by atoms with Gasteiger partial charge in [0.2, 0.25) is 5.82 Å². The summed E-state index contributed by atoms with van der Waals surface area (Å²) >= 11 is 0. The van der Waals surface area contributed by atoms with Crippen molar-refractivity contribution in [1.82, 2.24) is 4.90 Å². The van der Waals surface area contributed by atoms with Gasteiger partial charge in [0.15, 0.2) is 23.3 Å². The van der Waals surface area contributed by atoms with E-state index in [1.165, 1.54) is 0 Å². The predicted octanol–water partition coefficient (Wildman–Crippen LogP) is 2.08. The molecule has 0 bridgehead atoms. The minimum Gasteiger partial charge on any atom is -0.345 e. The molecular formula is C9H6F5NO. The van der Waals surface area contributed by atoms with E-state index in [4.69, 9.17) is 0 Å². The first-order valence-electron chi connectivity index (χ1n) is 4.02. The SMILES string of the molecule is CN(C)C(=O)c1c(F)c(F)c(F)c(F)c1F. The molecule has 0 fully saturated rings. The lowest BCUT2D eigenvalue weighted by Crippen LogP contribution is -2.25. The number of benzene rings is 1. The molecule has 0 aromatic heterocycles. The highest BCUT2D eigenvalue weighted by Gasteiger charge is 2.30. The molecule has 16 heavy (non-hydrogen) atoms. The molecular weight excluding hydrogens is 233 g/mol. The lowest BCUT2D eigenvalue weighted by atomic mass is 10.1. The van der Waals surface area contributed by atoms with Crippen molar-refractivity contribution in [2.75, 3.05) is 14.1 Å². The zero-order chi connectivity index (χ0) is 12.6. The van der Waals surface area contributed by atoms with Crippen molar-refractivity contribution in [3.8, 4) is 0 Å². The van der Waals surface area contributed by atoms with Gasteiger partial charge in [-0.1, -0.05) is 0 Å². The Morgan fingerprint density at radius 3 is 1.44 bits per heavy atom. The summed E-state index contributed by atoms with van der Waals surface area (Å²) in [5.41, 5.74) is -1.46. The van der Waals surface area contributed by atoms with E-state index in [-0.39, 0.29) is 0 Å². The summed E-state index contributed by atoms with van der Waals surface area (Å²) in [6.45, 7) is 0. The first kappa shape index (κ1) is 12.4. The largest absolute Gasteiger partial charge is 0.345 e. The first-order chi connectivity index (χ1) is 7.29. The number of hydrogen-bond acceptors (Lipinski definition) is 1. The molecule has 7 heteroatoms. The third kappa shape index (κ3) is 1.72. The monoisotopic (exact) mass is 239 g/mol. The summed E-state index contributed by atoms with van der Waals surface area (Å²) in [7, 11) is 2.25. The van der Waals surface area contributed by atoms with Crippen molar-refractivity contribution in [1.29, 1.82) is 0 Å². The number of amides is 1. The summed E-state index contributed by atoms with van der Waals surface area (Å²) in [5.74, 6) is -12.1. The third-order valence-corrected chi connectivity index (χ3v) is 1.83. The van der Waals surface area contributed by atoms with E-state index in [2.05, 4.69) is 0 Å². The van der Waals surface area contributed by atoms with Crippen LogP contribution in [0.2, 0.25) is 0 Å². The number of nitrogens with zero attached hydrogens (tertiary/aromatic N) is 1. The average molecular weight is 239 g/mol. The summed E-state index contributed by atoms with van der Waals surface area (Å²) < 4.78 is 64.1. The normalized spacial score (nSPS) is 10.4. The molecule has 0 radical (unpaired) electrons. The van der Waals surface area contributed by atoms with Gasteiger partial charge in [0.25, 0.3) is 5.91 Å². The highest BCUT2D eigenvalue weighted by atomic mass is 19.2. The van der Waals surface area contributed by atoms with Crippen LogP contribution in [0.5, 0.6) is 0 Å². The average Bonchev–Trinajstić information content (AvgIpc) is 2.23. The second kappa shape index (κ2) is 4.07. The Morgan fingerprint density at radius 1 is 0.812 bits per heavy atom. The lowest BCUT2D eigenvalue weighted by Gasteiger charge is -2.12. The molecule has 1 aromatic carbocycles. The fourth-order valence-corrected chi connectivity index (χ4v) is 1.02. The molecule has 0 atom stereocenters. The van der Waals surface area contributed by atoms with E-state index in [1.54, 1.807) is 0 Å². The van der Waals surface area contributed by atoms with Gasteiger partial charge in [-0.15, -0.1) is 0 Å². The van der Waals surface area contributed by atoms with Crippen molar-refractivity contribution in [2.45, 2.75) is 0 Å². The van der Waals surface area contributed by atoms with Gasteiger partial charge in [0.1, 0.15) is 5.56 Å². The second-order valence-electron chi connectivity index (χ2n) is 3.14. The van der Waals surface area contributed by atoms with Crippen LogP contribution in [0.3, 0.4) is 0 Å². The quantitative estimate of drug-likeness (QED) is 0.417. The van der Waals surface area contributed by atoms with Gasteiger partial charge in [0, 0.05) is 14.1 Å². The Bertz CT molecular complexity index is 429. The predicted molar refractivity (Wildman–Crippen MR) is 44.2 cm³/mol. The van der Waals surface area contributed by atoms with Crippen molar-refractivity contribution in [3.63, 3.8) is 0 Å². The van der Waals surface area contributed by atoms with Crippen molar-refractivity contribution in [2.24, 2.45) is 0 Å². The molecule has 0 unspecified atom stereocenters. The molecule has 0 heterocycles. The van der Waals surface area contributed by atoms with E-state index in [1.807, 2.05) is 0 Å². The highest BCUT2D eigenvalue weighted by molar-refractivity contribution is 5.94. The lowest BCUT2D eigenvalue weighted by molar-refractivity contribution is 0.0814. The Kier molecular flexibility index (Phi) is 3.16. The maximum atomic E-state index is 13.0. The van der Waals surface area contributed by atoms with Gasteiger partial charge in [-0.25, -0.2) is 22.0 Å². The zero-order valence-corrected chi connectivity index (χ0v) is 8.25. The highest BCUT2D eigenvalue weighted by Crippen LogP contribution is 2.23. The molecule has 0 saturated carbocycles. The van der Waals surface area contributed by atoms with E-state index in [0.717, 1.165) is 14.1 Å². The molecule has 0 spiro atoms. The standard InChI is InChI=1S/C9H6F5NO/c1-15(2)9(16)3-4(10)6(12)8(14)7(13)5(3)11/h1-2H3. The molecule has 0 aliphatic rings. The maximum Gasteiger partial charge on any atom is 0.259 e. The van der Waals surface area contributed by atoms with Crippen LogP contribution in [0.1, 0.15) is 10.4 Å². The van der Waals surface area contributed by atoms with Crippen molar-refractivity contribution < 1.29 is 26.7 Å². The molecule has 1 amide bonds. The Balaban J connectivity index is 3.58. The van der Waals surface area contributed by atoms with Crippen LogP contribution in [0.15, 0.2) is 0 Å². The van der Waals surface area contributed by atoms with E-state index in [0.29, 0.717) is 4.90 Å². The van der Waals surface area contributed by atoms with Gasteiger partial charge in [-0.2, -0.15) is 0 Å². The molecule has 1 aromatic rings. The Morgan fingerprint density at radius 2 is 1.12 bits per heavy atom. The van der Waals surface area contributed by atoms with Crippen molar-refractivity contribution >= 4 is 5.91 Å². The molecule has 0 N–H and O–H groups in total.